The number of methoxy groups -OCH3 is 2. The number of piperidine rings is 2. The number of aromatic hydroxyl groups is 2. The molecule has 2 heterocycles. The quantitative estimate of drug-likeness (QED) is 0.460. The van der Waals surface area contributed by atoms with E-state index < -0.39 is 0 Å². The molecular formula is C36H48N2O4. The smallest absolute Gasteiger partial charge is 0.161 e. The van der Waals surface area contributed by atoms with Crippen molar-refractivity contribution in [3.63, 3.8) is 0 Å². The largest absolute Gasteiger partial charge is 0.504 e. The summed E-state index contributed by atoms with van der Waals surface area (Å²) in [6.45, 7) is 2.15. The van der Waals surface area contributed by atoms with E-state index in [1.165, 1.54) is 71.9 Å². The van der Waals surface area contributed by atoms with E-state index >= 15 is 0 Å². The van der Waals surface area contributed by atoms with Crippen LogP contribution < -0.4 is 9.47 Å². The van der Waals surface area contributed by atoms with Crippen molar-refractivity contribution < 1.29 is 19.7 Å². The number of phenols is 2. The molecule has 8 rings (SSSR count). The highest BCUT2D eigenvalue weighted by Gasteiger charge is 2.57. The van der Waals surface area contributed by atoms with E-state index in [4.69, 9.17) is 9.47 Å². The van der Waals surface area contributed by atoms with Gasteiger partial charge in [-0.3, -0.25) is 0 Å². The highest BCUT2D eigenvalue weighted by atomic mass is 16.5. The van der Waals surface area contributed by atoms with Crippen LogP contribution in [0, 0.1) is 11.8 Å². The van der Waals surface area contributed by atoms with Gasteiger partial charge in [-0.2, -0.15) is 0 Å². The number of likely N-dealkylation sites (tertiary alicyclic amines) is 2. The van der Waals surface area contributed by atoms with Gasteiger partial charge in [0.15, 0.2) is 23.0 Å². The number of phenolic OH excluding ortho intramolecular Hbond substituents is 2. The molecule has 6 atom stereocenters. The first-order valence-electron chi connectivity index (χ1n) is 16.6. The Kier molecular flexibility index (Phi) is 6.16. The van der Waals surface area contributed by atoms with Crippen molar-refractivity contribution in [3.8, 4) is 34.1 Å². The van der Waals surface area contributed by atoms with Gasteiger partial charge in [0, 0.05) is 34.0 Å². The highest BCUT2D eigenvalue weighted by molar-refractivity contribution is 5.82. The standard InChI is InChI=1S/C36H48N2O4/c1-37-15-13-35-11-7-5-9-25(35)27(37)17-23-21(19-29(41-3)33(39)31(23)35)22-20-30(42-4)34(40)32-24(22)18-28-26-10-6-8-12-36(26,32)14-16-38(28)2/h19-20,25-28,39-40H,5-18H2,1-4H3/t25-,26-,27+,28+,35+,36+/m1/s1. The Morgan fingerprint density at radius 2 is 1.10 bits per heavy atom. The van der Waals surface area contributed by atoms with Crippen molar-refractivity contribution >= 4 is 0 Å². The maximum atomic E-state index is 11.9. The number of hydrogen-bond acceptors (Lipinski definition) is 6. The van der Waals surface area contributed by atoms with Crippen LogP contribution in [0.3, 0.4) is 0 Å². The van der Waals surface area contributed by atoms with E-state index in [0.717, 1.165) is 51.6 Å². The molecule has 2 aromatic rings. The molecule has 0 aromatic heterocycles. The molecule has 0 unspecified atom stereocenters. The molecule has 4 fully saturated rings. The molecule has 4 bridgehead atoms. The summed E-state index contributed by atoms with van der Waals surface area (Å²) in [7, 11) is 8.00. The molecule has 0 radical (unpaired) electrons. The van der Waals surface area contributed by atoms with Crippen LogP contribution in [0.25, 0.3) is 11.1 Å². The molecule has 0 amide bonds. The summed E-state index contributed by atoms with van der Waals surface area (Å²) in [6.07, 6.45) is 13.8. The summed E-state index contributed by atoms with van der Waals surface area (Å²) in [5.41, 5.74) is 7.33. The van der Waals surface area contributed by atoms with Crippen molar-refractivity contribution in [1.82, 2.24) is 9.80 Å². The molecule has 42 heavy (non-hydrogen) atoms. The lowest BCUT2D eigenvalue weighted by Gasteiger charge is -2.59. The molecule has 6 aliphatic rings. The van der Waals surface area contributed by atoms with Crippen molar-refractivity contribution in [3.05, 3.63) is 34.4 Å². The Balaban J connectivity index is 1.43. The molecule has 2 N–H and O–H groups in total. The van der Waals surface area contributed by atoms with Gasteiger partial charge in [-0.15, -0.1) is 0 Å². The Hall–Kier alpha value is -2.44. The normalized spacial score (nSPS) is 35.4. The Bertz CT molecular complexity index is 1330. The van der Waals surface area contributed by atoms with Crippen LogP contribution in [0.1, 0.15) is 86.5 Å². The fraction of sp³-hybridized carbons (Fsp3) is 0.667. The second-order valence-corrected chi connectivity index (χ2v) is 14.7. The number of rotatable bonds is 3. The average Bonchev–Trinajstić information content (AvgIpc) is 3.01. The Morgan fingerprint density at radius 1 is 0.667 bits per heavy atom. The van der Waals surface area contributed by atoms with E-state index in [2.05, 4.69) is 36.0 Å². The summed E-state index contributed by atoms with van der Waals surface area (Å²) in [5.74, 6) is 3.05. The number of ether oxygens (including phenoxy) is 2. The lowest BCUT2D eigenvalue weighted by Crippen LogP contribution is -2.60. The highest BCUT2D eigenvalue weighted by Crippen LogP contribution is 2.63. The molecule has 2 aliphatic heterocycles. The van der Waals surface area contributed by atoms with Gasteiger partial charge < -0.3 is 29.5 Å². The molecule has 0 spiro atoms. The third-order valence-corrected chi connectivity index (χ3v) is 13.4. The Morgan fingerprint density at radius 3 is 1.50 bits per heavy atom. The van der Waals surface area contributed by atoms with Gasteiger partial charge >= 0.3 is 0 Å². The molecule has 226 valence electrons. The number of benzene rings is 2. The van der Waals surface area contributed by atoms with Gasteiger partial charge in [0.2, 0.25) is 0 Å². The lowest BCUT2D eigenvalue weighted by molar-refractivity contribution is 0.000944. The predicted molar refractivity (Wildman–Crippen MR) is 165 cm³/mol. The molecule has 4 aliphatic carbocycles. The first kappa shape index (κ1) is 27.1. The fourth-order valence-electron chi connectivity index (χ4n) is 11.5. The van der Waals surface area contributed by atoms with Gasteiger partial charge in [0.1, 0.15) is 0 Å². The maximum Gasteiger partial charge on any atom is 0.161 e. The van der Waals surface area contributed by atoms with Gasteiger partial charge in [-0.05, 0) is 125 Å². The zero-order valence-electron chi connectivity index (χ0n) is 26.0. The van der Waals surface area contributed by atoms with Gasteiger partial charge in [-0.25, -0.2) is 0 Å². The molecule has 2 aromatic carbocycles. The van der Waals surface area contributed by atoms with Crippen LogP contribution in [-0.2, 0) is 23.7 Å². The minimum absolute atomic E-state index is 0.00132. The number of fused-ring (bicyclic) bond motifs is 2. The SMILES string of the molecule is COc1cc(-c2cc(OC)c(O)c3c2C[C@H]2[C@H]4CCCC[C@@]34CCN2C)c2c(c1O)[C@]13CCCC[C@@H]1[C@H](C2)N(C)CC3. The summed E-state index contributed by atoms with van der Waals surface area (Å²) < 4.78 is 11.9. The van der Waals surface area contributed by atoms with Crippen molar-refractivity contribution in [2.45, 2.75) is 100.0 Å². The average molecular weight is 573 g/mol. The van der Waals surface area contributed by atoms with Gasteiger partial charge in [-0.1, -0.05) is 25.7 Å². The van der Waals surface area contributed by atoms with Crippen LogP contribution in [0.5, 0.6) is 23.0 Å². The zero-order valence-corrected chi connectivity index (χ0v) is 26.0. The first-order valence-corrected chi connectivity index (χ1v) is 16.6. The van der Waals surface area contributed by atoms with Gasteiger partial charge in [0.25, 0.3) is 0 Å². The number of nitrogens with zero attached hydrogens (tertiary/aromatic N) is 2. The number of likely N-dealkylation sites (N-methyl/N-ethyl adjacent to an activating group) is 2. The van der Waals surface area contributed by atoms with Crippen molar-refractivity contribution in [2.24, 2.45) is 11.8 Å². The molecule has 2 saturated carbocycles. The van der Waals surface area contributed by atoms with Crippen LogP contribution in [0.2, 0.25) is 0 Å². The second kappa shape index (κ2) is 9.53. The van der Waals surface area contributed by atoms with E-state index in [0.29, 0.717) is 46.9 Å². The fourth-order valence-corrected chi connectivity index (χ4v) is 11.5. The molecular weight excluding hydrogens is 524 g/mol. The third kappa shape index (κ3) is 3.40. The summed E-state index contributed by atoms with van der Waals surface area (Å²) in [4.78, 5) is 5.19. The summed E-state index contributed by atoms with van der Waals surface area (Å²) in [5, 5.41) is 23.8. The van der Waals surface area contributed by atoms with Crippen LogP contribution in [0.15, 0.2) is 12.1 Å². The van der Waals surface area contributed by atoms with E-state index in [1.54, 1.807) is 14.2 Å². The monoisotopic (exact) mass is 572 g/mol. The van der Waals surface area contributed by atoms with Crippen LogP contribution in [0.4, 0.5) is 0 Å². The number of hydrogen-bond donors (Lipinski definition) is 2. The van der Waals surface area contributed by atoms with Crippen molar-refractivity contribution in [1.29, 1.82) is 0 Å². The van der Waals surface area contributed by atoms with Crippen LogP contribution >= 0.6 is 0 Å². The first-order chi connectivity index (χ1) is 20.3. The second-order valence-electron chi connectivity index (χ2n) is 14.7. The minimum atomic E-state index is 0.00132. The van der Waals surface area contributed by atoms with Crippen LogP contribution in [-0.4, -0.2) is 73.5 Å². The zero-order chi connectivity index (χ0) is 29.0. The van der Waals surface area contributed by atoms with E-state index in [1.807, 2.05) is 0 Å². The van der Waals surface area contributed by atoms with E-state index in [-0.39, 0.29) is 10.8 Å². The van der Waals surface area contributed by atoms with E-state index in [9.17, 15) is 10.2 Å². The third-order valence-electron chi connectivity index (χ3n) is 13.4. The predicted octanol–water partition coefficient (Wildman–Crippen LogP) is 6.16. The topological polar surface area (TPSA) is 65.4 Å². The van der Waals surface area contributed by atoms with Crippen molar-refractivity contribution in [2.75, 3.05) is 41.4 Å². The maximum absolute atomic E-state index is 11.9. The molecule has 2 saturated heterocycles. The minimum Gasteiger partial charge on any atom is -0.504 e. The summed E-state index contributed by atoms with van der Waals surface area (Å²) >= 11 is 0. The van der Waals surface area contributed by atoms with Gasteiger partial charge in [0.05, 0.1) is 14.2 Å². The summed E-state index contributed by atoms with van der Waals surface area (Å²) in [6, 6.07) is 5.19. The lowest BCUT2D eigenvalue weighted by atomic mass is 9.50. The molecule has 6 nitrogen and oxygen atoms in total. The molecule has 6 heteroatoms. The Labute approximate surface area is 251 Å².